The maximum Gasteiger partial charge on any atom is 0.310 e. The molecule has 1 rings (SSSR count). The van der Waals surface area contributed by atoms with E-state index >= 15 is 0 Å². The largest absolute Gasteiger partial charge is 0.481 e. The van der Waals surface area contributed by atoms with Crippen LogP contribution in [0.4, 0.5) is 0 Å². The van der Waals surface area contributed by atoms with Gasteiger partial charge in [0.1, 0.15) is 0 Å². The zero-order valence-electron chi connectivity index (χ0n) is 11.5. The Balaban J connectivity index is 2.90. The fraction of sp³-hybridized carbons (Fsp3) is 0.917. The number of unbranched alkanes of at least 4 members (excludes halogenated alkanes) is 1. The molecule has 0 spiro atoms. The van der Waals surface area contributed by atoms with E-state index in [0.717, 1.165) is 6.42 Å². The first-order valence-corrected chi connectivity index (χ1v) is 8.35. The molecule has 1 N–H and O–H groups in total. The molecule has 112 valence electrons. The van der Waals surface area contributed by atoms with Crippen LogP contribution in [0.15, 0.2) is 0 Å². The highest BCUT2D eigenvalue weighted by Gasteiger charge is 2.42. The van der Waals surface area contributed by atoms with E-state index in [-0.39, 0.29) is 19.0 Å². The summed E-state index contributed by atoms with van der Waals surface area (Å²) in [5.41, 5.74) is 0. The van der Waals surface area contributed by atoms with E-state index in [0.29, 0.717) is 19.4 Å². The maximum atomic E-state index is 12.3. The third kappa shape index (κ3) is 4.15. The number of ether oxygens (including phenoxy) is 1. The highest BCUT2D eigenvalue weighted by Crippen LogP contribution is 2.23. The molecular formula is C12H23NO5S. The van der Waals surface area contributed by atoms with Crippen molar-refractivity contribution in [1.29, 1.82) is 0 Å². The van der Waals surface area contributed by atoms with Gasteiger partial charge in [0.25, 0.3) is 0 Å². The van der Waals surface area contributed by atoms with E-state index < -0.39 is 28.0 Å². The standard InChI is InChI=1S/C12H23NO5S/c1-3-5-7-19(16,17)13(6-4-2)11-9-18-8-10(11)12(14)15/h10-11H,3-9H2,1-2H3,(H,14,15). The first-order chi connectivity index (χ1) is 8.94. The van der Waals surface area contributed by atoms with E-state index in [1.807, 2.05) is 13.8 Å². The highest BCUT2D eigenvalue weighted by atomic mass is 32.2. The van der Waals surface area contributed by atoms with Gasteiger partial charge in [-0.15, -0.1) is 0 Å². The zero-order chi connectivity index (χ0) is 14.5. The van der Waals surface area contributed by atoms with Gasteiger partial charge in [-0.3, -0.25) is 4.79 Å². The van der Waals surface area contributed by atoms with Crippen LogP contribution < -0.4 is 0 Å². The molecule has 0 aromatic heterocycles. The molecule has 0 bridgehead atoms. The SMILES string of the molecule is CCCCS(=O)(=O)N(CCC)C1COCC1C(=O)O. The van der Waals surface area contributed by atoms with E-state index in [9.17, 15) is 13.2 Å². The lowest BCUT2D eigenvalue weighted by molar-refractivity contribution is -0.142. The molecule has 19 heavy (non-hydrogen) atoms. The molecule has 7 heteroatoms. The first-order valence-electron chi connectivity index (χ1n) is 6.74. The molecule has 0 aromatic carbocycles. The van der Waals surface area contributed by atoms with Gasteiger partial charge in [-0.2, -0.15) is 4.31 Å². The smallest absolute Gasteiger partial charge is 0.310 e. The lowest BCUT2D eigenvalue weighted by Crippen LogP contribution is -2.47. The van der Waals surface area contributed by atoms with Gasteiger partial charge in [0.2, 0.25) is 10.0 Å². The van der Waals surface area contributed by atoms with Gasteiger partial charge in [0, 0.05) is 6.54 Å². The van der Waals surface area contributed by atoms with Crippen molar-refractivity contribution in [3.05, 3.63) is 0 Å². The molecule has 0 aromatic rings. The van der Waals surface area contributed by atoms with Crippen molar-refractivity contribution in [2.24, 2.45) is 5.92 Å². The summed E-state index contributed by atoms with van der Waals surface area (Å²) in [5, 5.41) is 9.14. The molecule has 1 aliphatic rings. The summed E-state index contributed by atoms with van der Waals surface area (Å²) < 4.78 is 31.1. The van der Waals surface area contributed by atoms with E-state index in [2.05, 4.69) is 0 Å². The quantitative estimate of drug-likeness (QED) is 0.719. The second-order valence-corrected chi connectivity index (χ2v) is 6.87. The first kappa shape index (κ1) is 16.4. The summed E-state index contributed by atoms with van der Waals surface area (Å²) in [6.45, 7) is 4.42. The lowest BCUT2D eigenvalue weighted by Gasteiger charge is -2.29. The van der Waals surface area contributed by atoms with Crippen LogP contribution >= 0.6 is 0 Å². The number of sulfonamides is 1. The summed E-state index contributed by atoms with van der Waals surface area (Å²) in [6.07, 6.45) is 2.05. The van der Waals surface area contributed by atoms with Crippen molar-refractivity contribution in [2.45, 2.75) is 39.2 Å². The molecule has 1 aliphatic heterocycles. The summed E-state index contributed by atoms with van der Waals surface area (Å²) in [6, 6.07) is -0.570. The Labute approximate surface area is 114 Å². The highest BCUT2D eigenvalue weighted by molar-refractivity contribution is 7.89. The molecule has 0 amide bonds. The molecule has 2 unspecified atom stereocenters. The summed E-state index contributed by atoms with van der Waals surface area (Å²) in [7, 11) is -3.41. The average molecular weight is 293 g/mol. The van der Waals surface area contributed by atoms with Crippen LogP contribution in [0.5, 0.6) is 0 Å². The number of rotatable bonds is 8. The Morgan fingerprint density at radius 2 is 2.00 bits per heavy atom. The Bertz CT molecular complexity index is 395. The van der Waals surface area contributed by atoms with Crippen LogP contribution in [-0.4, -0.2) is 55.4 Å². The van der Waals surface area contributed by atoms with Crippen LogP contribution in [0.25, 0.3) is 0 Å². The van der Waals surface area contributed by atoms with Crippen LogP contribution in [-0.2, 0) is 19.6 Å². The molecule has 1 heterocycles. The number of nitrogens with zero attached hydrogens (tertiary/aromatic N) is 1. The molecule has 0 saturated carbocycles. The molecule has 0 aliphatic carbocycles. The fourth-order valence-corrected chi connectivity index (χ4v) is 4.21. The van der Waals surface area contributed by atoms with Gasteiger partial charge in [0.05, 0.1) is 30.9 Å². The van der Waals surface area contributed by atoms with E-state index in [1.165, 1.54) is 4.31 Å². The zero-order valence-corrected chi connectivity index (χ0v) is 12.4. The van der Waals surface area contributed by atoms with Gasteiger partial charge in [-0.05, 0) is 12.8 Å². The summed E-state index contributed by atoms with van der Waals surface area (Å²) in [5.74, 6) is -1.68. The number of carbonyl (C=O) groups is 1. The Kier molecular flexibility index (Phi) is 6.22. The van der Waals surface area contributed by atoms with Gasteiger partial charge >= 0.3 is 5.97 Å². The van der Waals surface area contributed by atoms with Crippen molar-refractivity contribution >= 4 is 16.0 Å². The van der Waals surface area contributed by atoms with Crippen molar-refractivity contribution < 1.29 is 23.1 Å². The van der Waals surface area contributed by atoms with Crippen molar-refractivity contribution in [3.63, 3.8) is 0 Å². The van der Waals surface area contributed by atoms with E-state index in [1.54, 1.807) is 0 Å². The molecule has 2 atom stereocenters. The van der Waals surface area contributed by atoms with Gasteiger partial charge < -0.3 is 9.84 Å². The summed E-state index contributed by atoms with van der Waals surface area (Å²) >= 11 is 0. The van der Waals surface area contributed by atoms with Gasteiger partial charge in [-0.1, -0.05) is 20.3 Å². The van der Waals surface area contributed by atoms with Crippen LogP contribution in [0, 0.1) is 5.92 Å². The van der Waals surface area contributed by atoms with Crippen LogP contribution in [0.2, 0.25) is 0 Å². The van der Waals surface area contributed by atoms with E-state index in [4.69, 9.17) is 9.84 Å². The van der Waals surface area contributed by atoms with Gasteiger partial charge in [-0.25, -0.2) is 8.42 Å². The van der Waals surface area contributed by atoms with Crippen LogP contribution in [0.1, 0.15) is 33.1 Å². The van der Waals surface area contributed by atoms with Crippen molar-refractivity contribution in [1.82, 2.24) is 4.31 Å². The lowest BCUT2D eigenvalue weighted by atomic mass is 10.0. The minimum Gasteiger partial charge on any atom is -0.481 e. The monoisotopic (exact) mass is 293 g/mol. The molecule has 1 fully saturated rings. The van der Waals surface area contributed by atoms with Crippen molar-refractivity contribution in [2.75, 3.05) is 25.5 Å². The predicted octanol–water partition coefficient (Wildman–Crippen LogP) is 0.928. The minimum atomic E-state index is -3.41. The van der Waals surface area contributed by atoms with Crippen LogP contribution in [0.3, 0.4) is 0 Å². The molecule has 6 nitrogen and oxygen atoms in total. The minimum absolute atomic E-state index is 0.0757. The normalized spacial score (nSPS) is 23.9. The third-order valence-electron chi connectivity index (χ3n) is 3.29. The number of carboxylic acids is 1. The second-order valence-electron chi connectivity index (χ2n) is 4.83. The number of hydrogen-bond acceptors (Lipinski definition) is 4. The topological polar surface area (TPSA) is 83.9 Å². The van der Waals surface area contributed by atoms with Gasteiger partial charge in [0.15, 0.2) is 0 Å². The molecule has 0 radical (unpaired) electrons. The number of carboxylic acid groups (broad SMARTS) is 1. The number of aliphatic carboxylic acids is 1. The predicted molar refractivity (Wildman–Crippen MR) is 71.4 cm³/mol. The number of hydrogen-bond donors (Lipinski definition) is 1. The molecule has 1 saturated heterocycles. The Morgan fingerprint density at radius 3 is 2.53 bits per heavy atom. The maximum absolute atomic E-state index is 12.3. The Morgan fingerprint density at radius 1 is 1.32 bits per heavy atom. The van der Waals surface area contributed by atoms with Crippen molar-refractivity contribution in [3.8, 4) is 0 Å². The summed E-state index contributed by atoms with van der Waals surface area (Å²) in [4.78, 5) is 11.2. The second kappa shape index (κ2) is 7.21. The average Bonchev–Trinajstić information content (AvgIpc) is 2.82. The molecular weight excluding hydrogens is 270 g/mol. The fourth-order valence-electron chi connectivity index (χ4n) is 2.24. The third-order valence-corrected chi connectivity index (χ3v) is 5.27. The Hall–Kier alpha value is -0.660.